The van der Waals surface area contributed by atoms with E-state index in [-0.39, 0.29) is 5.97 Å². The van der Waals surface area contributed by atoms with Gasteiger partial charge in [0.25, 0.3) is 0 Å². The largest absolute Gasteiger partial charge is 0.466 e. The van der Waals surface area contributed by atoms with Gasteiger partial charge >= 0.3 is 5.97 Å². The lowest BCUT2D eigenvalue weighted by molar-refractivity contribution is -0.143. The van der Waals surface area contributed by atoms with E-state index in [4.69, 9.17) is 4.74 Å². The Kier molecular flexibility index (Phi) is 14.0. The number of rotatable bonds is 12. The molecule has 0 fully saturated rings. The molecule has 0 aliphatic rings. The predicted octanol–water partition coefficient (Wildman–Crippen LogP) is 4.85. The van der Waals surface area contributed by atoms with Crippen LogP contribution in [0.4, 0.5) is 0 Å². The first-order chi connectivity index (χ1) is 8.31. The fourth-order valence-electron chi connectivity index (χ4n) is 1.68. The average Bonchev–Trinajstić information content (AvgIpc) is 2.33. The van der Waals surface area contributed by atoms with Crippen LogP contribution in [-0.2, 0) is 9.53 Å². The summed E-state index contributed by atoms with van der Waals surface area (Å²) in [7, 11) is 0. The van der Waals surface area contributed by atoms with Gasteiger partial charge in [0.1, 0.15) is 0 Å². The van der Waals surface area contributed by atoms with Crippen molar-refractivity contribution in [2.24, 2.45) is 0 Å². The number of alkyl halides is 1. The Morgan fingerprint density at radius 1 is 0.941 bits per heavy atom. The number of carbonyl (C=O) groups is 1. The molecule has 0 aromatic rings. The Bertz CT molecular complexity index is 172. The zero-order chi connectivity index (χ0) is 12.8. The highest BCUT2D eigenvalue weighted by molar-refractivity contribution is 9.09. The minimum atomic E-state index is -0.0202. The second-order valence-electron chi connectivity index (χ2n) is 4.49. The molecular weight excluding hydrogens is 280 g/mol. The first kappa shape index (κ1) is 16.9. The molecule has 0 spiro atoms. The van der Waals surface area contributed by atoms with Crippen LogP contribution in [0.25, 0.3) is 0 Å². The molecule has 17 heavy (non-hydrogen) atoms. The molecule has 0 aliphatic heterocycles. The Labute approximate surface area is 115 Å². The van der Waals surface area contributed by atoms with Crippen molar-refractivity contribution in [1.82, 2.24) is 0 Å². The van der Waals surface area contributed by atoms with Gasteiger partial charge in [0, 0.05) is 11.8 Å². The van der Waals surface area contributed by atoms with Gasteiger partial charge < -0.3 is 4.74 Å². The van der Waals surface area contributed by atoms with Crippen molar-refractivity contribution in [2.75, 3.05) is 11.9 Å². The number of carbonyl (C=O) groups excluding carboxylic acids is 1. The lowest BCUT2D eigenvalue weighted by atomic mass is 10.1. The molecule has 0 unspecified atom stereocenters. The smallest absolute Gasteiger partial charge is 0.305 e. The van der Waals surface area contributed by atoms with E-state index in [1.165, 1.54) is 38.5 Å². The van der Waals surface area contributed by atoms with Crippen LogP contribution < -0.4 is 0 Å². The van der Waals surface area contributed by atoms with E-state index in [2.05, 4.69) is 22.9 Å². The van der Waals surface area contributed by atoms with Crippen LogP contribution in [0.2, 0.25) is 0 Å². The summed E-state index contributed by atoms with van der Waals surface area (Å²) < 4.78 is 5.13. The van der Waals surface area contributed by atoms with Gasteiger partial charge in [-0.15, -0.1) is 0 Å². The summed E-state index contributed by atoms with van der Waals surface area (Å²) in [5.74, 6) is -0.0202. The summed E-state index contributed by atoms with van der Waals surface area (Å²) in [5.41, 5.74) is 0. The van der Waals surface area contributed by atoms with Gasteiger partial charge in [-0.25, -0.2) is 0 Å². The first-order valence-electron chi connectivity index (χ1n) is 7.02. The molecular formula is C14H27BrO2. The van der Waals surface area contributed by atoms with Crippen molar-refractivity contribution in [2.45, 2.75) is 71.1 Å². The van der Waals surface area contributed by atoms with Crippen LogP contribution in [0.5, 0.6) is 0 Å². The fraction of sp³-hybridized carbons (Fsp3) is 0.929. The molecule has 2 nitrogen and oxygen atoms in total. The Balaban J connectivity index is 3.11. The van der Waals surface area contributed by atoms with Gasteiger partial charge in [-0.2, -0.15) is 0 Å². The van der Waals surface area contributed by atoms with Gasteiger partial charge in [-0.3, -0.25) is 4.79 Å². The minimum absolute atomic E-state index is 0.0202. The molecule has 0 aliphatic carbocycles. The van der Waals surface area contributed by atoms with Crippen molar-refractivity contribution < 1.29 is 9.53 Å². The maximum atomic E-state index is 11.3. The Hall–Kier alpha value is -0.0500. The van der Waals surface area contributed by atoms with Crippen LogP contribution in [0.15, 0.2) is 0 Å². The van der Waals surface area contributed by atoms with Gasteiger partial charge in [0.15, 0.2) is 0 Å². The number of halogens is 1. The molecule has 0 saturated heterocycles. The third kappa shape index (κ3) is 13.9. The predicted molar refractivity (Wildman–Crippen MR) is 76.6 cm³/mol. The van der Waals surface area contributed by atoms with Crippen LogP contribution in [0.1, 0.15) is 71.1 Å². The van der Waals surface area contributed by atoms with E-state index in [1.54, 1.807) is 0 Å². The first-order valence-corrected chi connectivity index (χ1v) is 8.15. The number of ether oxygens (including phenoxy) is 1. The molecule has 0 N–H and O–H groups in total. The SMILES string of the molecule is CCCCCCCCCC(=O)OCCCCBr. The molecule has 0 aromatic heterocycles. The van der Waals surface area contributed by atoms with Gasteiger partial charge in [0.05, 0.1) is 6.61 Å². The lowest BCUT2D eigenvalue weighted by Crippen LogP contribution is -2.05. The third-order valence-corrected chi connectivity index (χ3v) is 3.34. The van der Waals surface area contributed by atoms with Gasteiger partial charge in [-0.1, -0.05) is 61.4 Å². The zero-order valence-electron chi connectivity index (χ0n) is 11.2. The normalized spacial score (nSPS) is 10.5. The topological polar surface area (TPSA) is 26.3 Å². The summed E-state index contributed by atoms with van der Waals surface area (Å²) in [4.78, 5) is 11.3. The molecule has 0 radical (unpaired) electrons. The van der Waals surface area contributed by atoms with E-state index < -0.39 is 0 Å². The average molecular weight is 307 g/mol. The molecule has 0 heterocycles. The lowest BCUT2D eigenvalue weighted by Gasteiger charge is -2.04. The number of esters is 1. The maximum Gasteiger partial charge on any atom is 0.305 e. The summed E-state index contributed by atoms with van der Waals surface area (Å²) in [5, 5.41) is 0.988. The van der Waals surface area contributed by atoms with Crippen LogP contribution in [0, 0.1) is 0 Å². The summed E-state index contributed by atoms with van der Waals surface area (Å²) >= 11 is 3.35. The number of hydrogen-bond acceptors (Lipinski definition) is 2. The Morgan fingerprint density at radius 2 is 1.59 bits per heavy atom. The molecule has 0 saturated carbocycles. The molecule has 0 aromatic carbocycles. The summed E-state index contributed by atoms with van der Waals surface area (Å²) in [6.45, 7) is 2.81. The Morgan fingerprint density at radius 3 is 2.24 bits per heavy atom. The second-order valence-corrected chi connectivity index (χ2v) is 5.28. The molecule has 0 rings (SSSR count). The van der Waals surface area contributed by atoms with E-state index in [1.807, 2.05) is 0 Å². The van der Waals surface area contributed by atoms with Crippen LogP contribution >= 0.6 is 15.9 Å². The van der Waals surface area contributed by atoms with Crippen LogP contribution in [-0.4, -0.2) is 17.9 Å². The van der Waals surface area contributed by atoms with Gasteiger partial charge in [-0.05, 0) is 19.3 Å². The van der Waals surface area contributed by atoms with Crippen LogP contribution in [0.3, 0.4) is 0 Å². The van der Waals surface area contributed by atoms with Crippen molar-refractivity contribution in [3.63, 3.8) is 0 Å². The van der Waals surface area contributed by atoms with Crippen molar-refractivity contribution in [3.05, 3.63) is 0 Å². The maximum absolute atomic E-state index is 11.3. The molecule has 102 valence electrons. The highest BCUT2D eigenvalue weighted by atomic mass is 79.9. The second kappa shape index (κ2) is 14.0. The van der Waals surface area contributed by atoms with E-state index in [0.717, 1.165) is 24.6 Å². The van der Waals surface area contributed by atoms with Gasteiger partial charge in [0.2, 0.25) is 0 Å². The highest BCUT2D eigenvalue weighted by Crippen LogP contribution is 2.08. The monoisotopic (exact) mass is 306 g/mol. The van der Waals surface area contributed by atoms with Crippen molar-refractivity contribution in [1.29, 1.82) is 0 Å². The molecule has 0 bridgehead atoms. The fourth-order valence-corrected chi connectivity index (χ4v) is 2.08. The van der Waals surface area contributed by atoms with E-state index in [9.17, 15) is 4.79 Å². The van der Waals surface area contributed by atoms with Crippen molar-refractivity contribution in [3.8, 4) is 0 Å². The van der Waals surface area contributed by atoms with E-state index >= 15 is 0 Å². The summed E-state index contributed by atoms with van der Waals surface area (Å²) in [6, 6.07) is 0. The highest BCUT2D eigenvalue weighted by Gasteiger charge is 2.01. The molecule has 0 amide bonds. The number of unbranched alkanes of at least 4 members (excludes halogenated alkanes) is 7. The molecule has 0 atom stereocenters. The van der Waals surface area contributed by atoms with Crippen molar-refractivity contribution >= 4 is 21.9 Å². The zero-order valence-corrected chi connectivity index (χ0v) is 12.8. The number of hydrogen-bond donors (Lipinski definition) is 0. The quantitative estimate of drug-likeness (QED) is 0.293. The standard InChI is InChI=1S/C14H27BrO2/c1-2-3-4-5-6-7-8-11-14(16)17-13-10-9-12-15/h2-13H2,1H3. The minimum Gasteiger partial charge on any atom is -0.466 e. The summed E-state index contributed by atoms with van der Waals surface area (Å²) in [6.07, 6.45) is 11.3. The molecule has 3 heteroatoms. The van der Waals surface area contributed by atoms with E-state index in [0.29, 0.717) is 13.0 Å². The third-order valence-electron chi connectivity index (χ3n) is 2.78.